The van der Waals surface area contributed by atoms with E-state index in [0.717, 1.165) is 11.5 Å². The van der Waals surface area contributed by atoms with E-state index in [1.807, 2.05) is 0 Å². The summed E-state index contributed by atoms with van der Waals surface area (Å²) in [6.07, 6.45) is 0. The van der Waals surface area contributed by atoms with Crippen molar-refractivity contribution < 1.29 is 9.90 Å². The number of hydrogen-bond acceptors (Lipinski definition) is 4. The molecule has 0 aliphatic carbocycles. The van der Waals surface area contributed by atoms with Crippen LogP contribution in [0.25, 0.3) is 0 Å². The molecule has 0 saturated carbocycles. The van der Waals surface area contributed by atoms with Gasteiger partial charge in [-0.1, -0.05) is 12.2 Å². The Balaban J connectivity index is 3.24. The number of carbonyl (C=O) groups is 1. The van der Waals surface area contributed by atoms with E-state index >= 15 is 0 Å². The maximum absolute atomic E-state index is 10.1. The van der Waals surface area contributed by atoms with E-state index < -0.39 is 5.97 Å². The van der Waals surface area contributed by atoms with Crippen LogP contribution >= 0.6 is 23.8 Å². The first-order chi connectivity index (χ1) is 4.22. The quantitative estimate of drug-likeness (QED) is 0.602. The van der Waals surface area contributed by atoms with Crippen LogP contribution in [-0.2, 0) is 0 Å². The number of aromatic nitrogens is 2. The molecule has 0 unspecified atom stereocenters. The van der Waals surface area contributed by atoms with Crippen LogP contribution in [0.3, 0.4) is 0 Å². The third-order valence-electron chi connectivity index (χ3n) is 0.692. The van der Waals surface area contributed by atoms with Gasteiger partial charge in [0, 0.05) is 0 Å². The van der Waals surface area contributed by atoms with Crippen LogP contribution in [0, 0.1) is 3.82 Å². The van der Waals surface area contributed by atoms with Crippen molar-refractivity contribution in [3.8, 4) is 0 Å². The Morgan fingerprint density at radius 2 is 2.56 bits per heavy atom. The molecule has 1 aromatic heterocycles. The number of nitrogens with zero attached hydrogens (tertiary/aromatic N) is 1. The van der Waals surface area contributed by atoms with Gasteiger partial charge in [-0.2, -0.15) is 5.10 Å². The molecule has 0 bridgehead atoms. The molecule has 2 N–H and O–H groups in total. The summed E-state index contributed by atoms with van der Waals surface area (Å²) in [5.41, 5.74) is -0.0741. The Labute approximate surface area is 59.3 Å². The Morgan fingerprint density at radius 1 is 1.89 bits per heavy atom. The molecular weight excluding hydrogens is 160 g/mol. The predicted octanol–water partition coefficient (Wildman–Crippen LogP) is 0.899. The van der Waals surface area contributed by atoms with Crippen molar-refractivity contribution in [3.05, 3.63) is 9.52 Å². The van der Waals surface area contributed by atoms with Crippen molar-refractivity contribution >= 4 is 29.7 Å². The smallest absolute Gasteiger partial charge is 0.358 e. The van der Waals surface area contributed by atoms with Crippen LogP contribution in [0.5, 0.6) is 0 Å². The minimum absolute atomic E-state index is 0.0741. The third kappa shape index (κ3) is 1.14. The molecule has 0 aliphatic rings. The second-order valence-electron chi connectivity index (χ2n) is 1.25. The van der Waals surface area contributed by atoms with Gasteiger partial charge in [0.15, 0.2) is 5.69 Å². The highest BCUT2D eigenvalue weighted by atomic mass is 32.2. The molecule has 48 valence electrons. The van der Waals surface area contributed by atoms with Crippen LogP contribution in [0.2, 0.25) is 0 Å². The predicted molar refractivity (Wildman–Crippen MR) is 34.3 cm³/mol. The van der Waals surface area contributed by atoms with E-state index in [9.17, 15) is 4.79 Å². The molecule has 0 amide bonds. The van der Waals surface area contributed by atoms with Gasteiger partial charge in [-0.3, -0.25) is 0 Å². The molecular formula is C3H2N2O2S2. The number of aromatic carboxylic acids is 1. The average Bonchev–Trinajstić information content (AvgIpc) is 2.13. The summed E-state index contributed by atoms with van der Waals surface area (Å²) in [7, 11) is 0. The highest BCUT2D eigenvalue weighted by Gasteiger charge is 2.06. The molecule has 0 aromatic carbocycles. The van der Waals surface area contributed by atoms with Gasteiger partial charge in [-0.05, 0) is 11.5 Å². The zero-order valence-corrected chi connectivity index (χ0v) is 5.75. The van der Waals surface area contributed by atoms with Crippen LogP contribution in [0.15, 0.2) is 0 Å². The van der Waals surface area contributed by atoms with Gasteiger partial charge in [0.05, 0.1) is 0 Å². The zero-order chi connectivity index (χ0) is 6.85. The fourth-order valence-electron chi connectivity index (χ4n) is 0.339. The SMILES string of the molecule is O=C(O)c1n[nH]sc1=S. The number of hydrogen-bond donors (Lipinski definition) is 2. The lowest BCUT2D eigenvalue weighted by Gasteiger charge is -1.77. The van der Waals surface area contributed by atoms with Crippen LogP contribution in [-0.4, -0.2) is 20.7 Å². The fraction of sp³-hybridized carbons (Fsp3) is 0. The summed E-state index contributed by atoms with van der Waals surface area (Å²) >= 11 is 5.64. The summed E-state index contributed by atoms with van der Waals surface area (Å²) in [6, 6.07) is 0. The second kappa shape index (κ2) is 2.24. The van der Waals surface area contributed by atoms with Gasteiger partial charge in [0.1, 0.15) is 3.82 Å². The van der Waals surface area contributed by atoms with Crippen LogP contribution in [0.1, 0.15) is 10.5 Å². The van der Waals surface area contributed by atoms with Gasteiger partial charge in [0.25, 0.3) is 0 Å². The first-order valence-corrected chi connectivity index (χ1v) is 3.21. The normalized spacial score (nSPS) is 9.33. The molecule has 0 aliphatic heterocycles. The summed E-state index contributed by atoms with van der Waals surface area (Å²) in [5.74, 6) is -1.09. The zero-order valence-electron chi connectivity index (χ0n) is 4.12. The van der Waals surface area contributed by atoms with Gasteiger partial charge in [0.2, 0.25) is 0 Å². The maximum atomic E-state index is 10.1. The minimum Gasteiger partial charge on any atom is -0.476 e. The summed E-state index contributed by atoms with van der Waals surface area (Å²) < 4.78 is 2.67. The van der Waals surface area contributed by atoms with Crippen molar-refractivity contribution in [1.29, 1.82) is 0 Å². The molecule has 9 heavy (non-hydrogen) atoms. The molecule has 1 heterocycles. The van der Waals surface area contributed by atoms with Gasteiger partial charge in [-0.25, -0.2) is 9.28 Å². The standard InChI is InChI=1S/C3H2N2O2S2/c6-2(7)1-3(8)9-5-4-1/h5H,(H,6,7). The highest BCUT2D eigenvalue weighted by molar-refractivity contribution is 7.73. The van der Waals surface area contributed by atoms with E-state index in [4.69, 9.17) is 5.11 Å². The first-order valence-electron chi connectivity index (χ1n) is 1.99. The van der Waals surface area contributed by atoms with Gasteiger partial charge < -0.3 is 5.11 Å². The average molecular weight is 162 g/mol. The fourth-order valence-corrected chi connectivity index (χ4v) is 1.03. The number of aromatic amines is 1. The topological polar surface area (TPSA) is 66.0 Å². The Kier molecular flexibility index (Phi) is 1.58. The monoisotopic (exact) mass is 162 g/mol. The van der Waals surface area contributed by atoms with Crippen molar-refractivity contribution in [3.63, 3.8) is 0 Å². The van der Waals surface area contributed by atoms with E-state index in [0.29, 0.717) is 0 Å². The summed E-state index contributed by atoms with van der Waals surface area (Å²) in [4.78, 5) is 10.1. The number of H-pyrrole nitrogens is 1. The Hall–Kier alpha value is -0.750. The molecule has 1 rings (SSSR count). The third-order valence-corrected chi connectivity index (χ3v) is 1.70. The van der Waals surface area contributed by atoms with Crippen LogP contribution < -0.4 is 0 Å². The first kappa shape index (κ1) is 6.37. The van der Waals surface area contributed by atoms with E-state index in [-0.39, 0.29) is 9.52 Å². The molecule has 6 heteroatoms. The van der Waals surface area contributed by atoms with E-state index in [2.05, 4.69) is 21.8 Å². The lowest BCUT2D eigenvalue weighted by atomic mass is 10.5. The lowest BCUT2D eigenvalue weighted by Crippen LogP contribution is -1.96. The number of carboxylic acid groups (broad SMARTS) is 1. The van der Waals surface area contributed by atoms with Crippen LogP contribution in [0.4, 0.5) is 0 Å². The highest BCUT2D eigenvalue weighted by Crippen LogP contribution is 2.01. The Morgan fingerprint density at radius 3 is 2.78 bits per heavy atom. The van der Waals surface area contributed by atoms with E-state index in [1.165, 1.54) is 0 Å². The van der Waals surface area contributed by atoms with E-state index in [1.54, 1.807) is 0 Å². The molecule has 0 fully saturated rings. The number of rotatable bonds is 1. The molecule has 0 atom stereocenters. The maximum Gasteiger partial charge on any atom is 0.358 e. The Bertz CT molecular complexity index is 275. The molecule has 0 radical (unpaired) electrons. The summed E-state index contributed by atoms with van der Waals surface area (Å²) in [6.45, 7) is 0. The van der Waals surface area contributed by atoms with Crippen molar-refractivity contribution in [2.24, 2.45) is 0 Å². The summed E-state index contributed by atoms with van der Waals surface area (Å²) in [5, 5.41) is 11.7. The largest absolute Gasteiger partial charge is 0.476 e. The molecule has 0 spiro atoms. The number of carboxylic acids is 1. The van der Waals surface area contributed by atoms with Crippen molar-refractivity contribution in [2.75, 3.05) is 0 Å². The second-order valence-corrected chi connectivity index (χ2v) is 2.71. The van der Waals surface area contributed by atoms with Crippen molar-refractivity contribution in [2.45, 2.75) is 0 Å². The van der Waals surface area contributed by atoms with Gasteiger partial charge >= 0.3 is 5.97 Å². The van der Waals surface area contributed by atoms with Gasteiger partial charge in [-0.15, -0.1) is 0 Å². The molecule has 0 saturated heterocycles. The number of nitrogens with one attached hydrogen (secondary N) is 1. The van der Waals surface area contributed by atoms with Crippen molar-refractivity contribution in [1.82, 2.24) is 9.59 Å². The lowest BCUT2D eigenvalue weighted by molar-refractivity contribution is 0.0690. The minimum atomic E-state index is -1.09. The molecule has 4 nitrogen and oxygen atoms in total. The molecule has 1 aromatic rings.